The molecule has 120 valence electrons. The topological polar surface area (TPSA) is 76.0 Å². The SMILES string of the molecule is CC(C)NC(=O)CC[C@@H]1Nc2c3ccccc3nc(=S)n2C1=O. The van der Waals surface area contributed by atoms with Crippen LogP contribution in [0.25, 0.3) is 10.9 Å². The van der Waals surface area contributed by atoms with Gasteiger partial charge in [-0.25, -0.2) is 9.55 Å². The van der Waals surface area contributed by atoms with Crippen molar-refractivity contribution in [2.45, 2.75) is 38.8 Å². The van der Waals surface area contributed by atoms with E-state index < -0.39 is 6.04 Å². The lowest BCUT2D eigenvalue weighted by Crippen LogP contribution is -2.32. The van der Waals surface area contributed by atoms with Crippen molar-refractivity contribution < 1.29 is 9.59 Å². The van der Waals surface area contributed by atoms with Crippen molar-refractivity contribution in [2.24, 2.45) is 0 Å². The quantitative estimate of drug-likeness (QED) is 0.843. The maximum absolute atomic E-state index is 12.6. The third-order valence-electron chi connectivity index (χ3n) is 3.73. The number of fused-ring (bicyclic) bond motifs is 3. The minimum absolute atomic E-state index is 0.0582. The van der Waals surface area contributed by atoms with Gasteiger partial charge >= 0.3 is 0 Å². The van der Waals surface area contributed by atoms with Crippen LogP contribution in [0.4, 0.5) is 5.82 Å². The fourth-order valence-electron chi connectivity index (χ4n) is 2.74. The van der Waals surface area contributed by atoms with Crippen LogP contribution < -0.4 is 10.6 Å². The van der Waals surface area contributed by atoms with Gasteiger partial charge in [0.15, 0.2) is 0 Å². The lowest BCUT2D eigenvalue weighted by Gasteiger charge is -2.11. The molecule has 0 aliphatic carbocycles. The second-order valence-corrected chi connectivity index (χ2v) is 6.26. The second kappa shape index (κ2) is 6.08. The number of benzene rings is 1. The second-order valence-electron chi connectivity index (χ2n) is 5.89. The van der Waals surface area contributed by atoms with E-state index in [0.29, 0.717) is 12.2 Å². The fraction of sp³-hybridized carbons (Fsp3) is 0.375. The predicted molar refractivity (Wildman–Crippen MR) is 91.1 cm³/mol. The molecule has 1 aliphatic rings. The maximum atomic E-state index is 12.6. The Morgan fingerprint density at radius 3 is 2.91 bits per heavy atom. The summed E-state index contributed by atoms with van der Waals surface area (Å²) >= 11 is 5.24. The molecule has 0 radical (unpaired) electrons. The first kappa shape index (κ1) is 15.6. The number of nitrogens with zero attached hydrogens (tertiary/aromatic N) is 2. The summed E-state index contributed by atoms with van der Waals surface area (Å²) in [5, 5.41) is 6.88. The van der Waals surface area contributed by atoms with Gasteiger partial charge in [-0.2, -0.15) is 0 Å². The molecule has 0 saturated carbocycles. The molecular formula is C16H18N4O2S. The fourth-order valence-corrected chi connectivity index (χ4v) is 3.01. The zero-order chi connectivity index (χ0) is 16.6. The van der Waals surface area contributed by atoms with Gasteiger partial charge in [0, 0.05) is 17.8 Å². The highest BCUT2D eigenvalue weighted by Gasteiger charge is 2.31. The largest absolute Gasteiger partial charge is 0.359 e. The maximum Gasteiger partial charge on any atom is 0.257 e. The van der Waals surface area contributed by atoms with Crippen LogP contribution in [0.1, 0.15) is 31.5 Å². The normalized spacial score (nSPS) is 16.5. The van der Waals surface area contributed by atoms with Crippen molar-refractivity contribution in [2.75, 3.05) is 5.32 Å². The number of rotatable bonds is 4. The molecule has 1 atom stereocenters. The Hall–Kier alpha value is -2.28. The Balaban J connectivity index is 1.85. The van der Waals surface area contributed by atoms with Crippen molar-refractivity contribution in [3.8, 4) is 0 Å². The summed E-state index contributed by atoms with van der Waals surface area (Å²) in [5.41, 5.74) is 0.752. The highest BCUT2D eigenvalue weighted by Crippen LogP contribution is 2.28. The Bertz CT molecular complexity index is 844. The molecule has 3 rings (SSSR count). The van der Waals surface area contributed by atoms with E-state index in [9.17, 15) is 9.59 Å². The van der Waals surface area contributed by atoms with Crippen molar-refractivity contribution in [3.63, 3.8) is 0 Å². The third kappa shape index (κ3) is 2.96. The van der Waals surface area contributed by atoms with E-state index in [1.807, 2.05) is 38.1 Å². The van der Waals surface area contributed by atoms with Gasteiger partial charge in [-0.3, -0.25) is 9.59 Å². The number of hydrogen-bond acceptors (Lipinski definition) is 5. The highest BCUT2D eigenvalue weighted by molar-refractivity contribution is 7.71. The van der Waals surface area contributed by atoms with E-state index in [0.717, 1.165) is 10.9 Å². The molecule has 0 bridgehead atoms. The van der Waals surface area contributed by atoms with Crippen LogP contribution in [-0.2, 0) is 4.79 Å². The summed E-state index contributed by atoms with van der Waals surface area (Å²) in [7, 11) is 0. The summed E-state index contributed by atoms with van der Waals surface area (Å²) < 4.78 is 1.67. The number of amides is 1. The zero-order valence-electron chi connectivity index (χ0n) is 13.0. The first-order valence-electron chi connectivity index (χ1n) is 7.59. The highest BCUT2D eigenvalue weighted by atomic mass is 32.1. The number of anilines is 1. The molecule has 23 heavy (non-hydrogen) atoms. The van der Waals surface area contributed by atoms with Gasteiger partial charge in [0.05, 0.1) is 5.52 Å². The van der Waals surface area contributed by atoms with E-state index in [2.05, 4.69) is 15.6 Å². The molecular weight excluding hydrogens is 312 g/mol. The van der Waals surface area contributed by atoms with Crippen LogP contribution in [0.15, 0.2) is 24.3 Å². The average Bonchev–Trinajstić information content (AvgIpc) is 2.82. The average molecular weight is 330 g/mol. The third-order valence-corrected chi connectivity index (χ3v) is 4.00. The number of aromatic nitrogens is 2. The van der Waals surface area contributed by atoms with Crippen molar-refractivity contribution in [3.05, 3.63) is 29.0 Å². The summed E-state index contributed by atoms with van der Waals surface area (Å²) in [6.07, 6.45) is 0.705. The summed E-state index contributed by atoms with van der Waals surface area (Å²) in [6, 6.07) is 7.17. The van der Waals surface area contributed by atoms with E-state index in [-0.39, 0.29) is 29.0 Å². The van der Waals surface area contributed by atoms with Crippen LogP contribution >= 0.6 is 12.2 Å². The van der Waals surface area contributed by atoms with Crippen molar-refractivity contribution in [1.29, 1.82) is 0 Å². The molecule has 1 aliphatic heterocycles. The Kier molecular flexibility index (Phi) is 4.12. The molecule has 2 N–H and O–H groups in total. The molecule has 1 amide bonds. The first-order valence-corrected chi connectivity index (χ1v) is 8.00. The monoisotopic (exact) mass is 330 g/mol. The summed E-state index contributed by atoms with van der Waals surface area (Å²) in [4.78, 5) is 28.6. The van der Waals surface area contributed by atoms with Gasteiger partial charge in [0.1, 0.15) is 11.9 Å². The van der Waals surface area contributed by atoms with Crippen LogP contribution in [-0.4, -0.2) is 33.4 Å². The molecule has 1 aromatic carbocycles. The molecule has 1 aromatic heterocycles. The summed E-state index contributed by atoms with van der Waals surface area (Å²) in [5.74, 6) is 0.456. The molecule has 0 fully saturated rings. The van der Waals surface area contributed by atoms with Gasteiger partial charge in [-0.1, -0.05) is 12.1 Å². The van der Waals surface area contributed by atoms with Crippen LogP contribution in [0.2, 0.25) is 0 Å². The van der Waals surface area contributed by atoms with Crippen LogP contribution in [0.3, 0.4) is 0 Å². The molecule has 2 heterocycles. The van der Waals surface area contributed by atoms with Gasteiger partial charge in [-0.05, 0) is 44.6 Å². The van der Waals surface area contributed by atoms with Gasteiger partial charge in [0.25, 0.3) is 5.91 Å². The number of hydrogen-bond donors (Lipinski definition) is 2. The predicted octanol–water partition coefficient (Wildman–Crippen LogP) is 2.50. The number of carbonyl (C=O) groups excluding carboxylic acids is 2. The minimum atomic E-state index is -0.456. The zero-order valence-corrected chi connectivity index (χ0v) is 13.8. The van der Waals surface area contributed by atoms with E-state index in [4.69, 9.17) is 12.2 Å². The van der Waals surface area contributed by atoms with Gasteiger partial charge < -0.3 is 10.6 Å². The molecule has 2 aromatic rings. The summed E-state index contributed by atoms with van der Waals surface area (Å²) in [6.45, 7) is 3.81. The molecule has 7 heteroatoms. The molecule has 0 unspecified atom stereocenters. The van der Waals surface area contributed by atoms with E-state index in [1.54, 1.807) is 0 Å². The van der Waals surface area contributed by atoms with Crippen LogP contribution in [0.5, 0.6) is 0 Å². The van der Waals surface area contributed by atoms with Crippen molar-refractivity contribution in [1.82, 2.24) is 14.9 Å². The van der Waals surface area contributed by atoms with Crippen LogP contribution in [0, 0.1) is 4.77 Å². The van der Waals surface area contributed by atoms with E-state index in [1.165, 1.54) is 4.57 Å². The van der Waals surface area contributed by atoms with Gasteiger partial charge in [-0.15, -0.1) is 0 Å². The number of nitrogens with one attached hydrogen (secondary N) is 2. The van der Waals surface area contributed by atoms with E-state index >= 15 is 0 Å². The number of para-hydroxylation sites is 1. The Morgan fingerprint density at radius 2 is 2.17 bits per heavy atom. The van der Waals surface area contributed by atoms with Gasteiger partial charge in [0.2, 0.25) is 10.7 Å². The minimum Gasteiger partial charge on any atom is -0.359 e. The Labute approximate surface area is 138 Å². The first-order chi connectivity index (χ1) is 11.0. The molecule has 0 saturated heterocycles. The number of carbonyl (C=O) groups is 2. The lowest BCUT2D eigenvalue weighted by molar-refractivity contribution is -0.121. The Morgan fingerprint density at radius 1 is 1.43 bits per heavy atom. The van der Waals surface area contributed by atoms with Crippen molar-refractivity contribution >= 4 is 40.8 Å². The smallest absolute Gasteiger partial charge is 0.257 e. The molecule has 0 spiro atoms. The standard InChI is InChI=1S/C16H18N4O2S/c1-9(2)17-13(21)8-7-12-15(22)20-14(18-12)10-5-3-4-6-11(10)19-16(20)23/h3-6,9,12,18H,7-8H2,1-2H3,(H,17,21)/t12-/m0/s1. The lowest BCUT2D eigenvalue weighted by atomic mass is 10.1. The molecule has 6 nitrogen and oxygen atoms in total.